The molecule has 0 saturated carbocycles. The van der Waals surface area contributed by atoms with Gasteiger partial charge in [0, 0.05) is 18.0 Å². The molecule has 1 rings (SSSR count). The Labute approximate surface area is 108 Å². The zero-order valence-electron chi connectivity index (χ0n) is 10.7. The first-order valence-corrected chi connectivity index (χ1v) is 6.21. The topological polar surface area (TPSA) is 43.1 Å². The molecule has 0 aromatic heterocycles. The number of hydrogen-bond acceptors (Lipinski definition) is 2. The average molecular weight is 254 g/mol. The number of benzene rings is 1. The Morgan fingerprint density at radius 3 is 2.47 bits per heavy atom. The molecule has 0 bridgehead atoms. The number of carbonyl (C=O) groups excluding carboxylic acids is 1. The molecule has 0 aliphatic heterocycles. The molecule has 2 N–H and O–H groups in total. The first kappa shape index (κ1) is 14.2. The lowest BCUT2D eigenvalue weighted by molar-refractivity contribution is 0.0968. The number of nitrogens with two attached hydrogens (primary N) is 1. The van der Waals surface area contributed by atoms with Gasteiger partial charge in [0.05, 0.1) is 5.02 Å². The van der Waals surface area contributed by atoms with Gasteiger partial charge in [0.1, 0.15) is 0 Å². The van der Waals surface area contributed by atoms with E-state index in [1.165, 1.54) is 0 Å². The smallest absolute Gasteiger partial charge is 0.165 e. The Bertz CT molecular complexity index is 395. The summed E-state index contributed by atoms with van der Waals surface area (Å²) in [5.74, 6) is 0.0207. The second kappa shape index (κ2) is 5.65. The number of ketones is 1. The molecule has 0 radical (unpaired) electrons. The molecule has 0 fully saturated rings. The highest BCUT2D eigenvalue weighted by Gasteiger charge is 2.19. The van der Waals surface area contributed by atoms with Gasteiger partial charge in [-0.05, 0) is 24.0 Å². The van der Waals surface area contributed by atoms with Gasteiger partial charge >= 0.3 is 0 Å². The summed E-state index contributed by atoms with van der Waals surface area (Å²) in [6, 6.07) is 6.99. The van der Waals surface area contributed by atoms with E-state index in [2.05, 4.69) is 20.8 Å². The molecule has 0 aliphatic carbocycles. The number of hydrogen-bond donors (Lipinski definition) is 1. The predicted octanol–water partition coefficient (Wildman–Crippen LogP) is 3.68. The number of carbonyl (C=O) groups is 1. The first-order chi connectivity index (χ1) is 7.79. The predicted molar refractivity (Wildman–Crippen MR) is 72.4 cm³/mol. The molecule has 17 heavy (non-hydrogen) atoms. The number of halogens is 1. The van der Waals surface area contributed by atoms with Gasteiger partial charge < -0.3 is 5.73 Å². The summed E-state index contributed by atoms with van der Waals surface area (Å²) in [6.07, 6.45) is 1.17. The molecule has 3 heteroatoms. The lowest BCUT2D eigenvalue weighted by atomic mass is 9.86. The van der Waals surface area contributed by atoms with Crippen molar-refractivity contribution in [3.05, 3.63) is 34.9 Å². The van der Waals surface area contributed by atoms with Crippen molar-refractivity contribution < 1.29 is 4.79 Å². The van der Waals surface area contributed by atoms with Crippen LogP contribution >= 0.6 is 11.6 Å². The van der Waals surface area contributed by atoms with Gasteiger partial charge in [-0.2, -0.15) is 0 Å². The van der Waals surface area contributed by atoms with Crippen LogP contribution in [-0.4, -0.2) is 11.8 Å². The van der Waals surface area contributed by atoms with Crippen LogP contribution in [-0.2, 0) is 0 Å². The van der Waals surface area contributed by atoms with Crippen molar-refractivity contribution >= 4 is 17.4 Å². The van der Waals surface area contributed by atoms with Gasteiger partial charge in [-0.25, -0.2) is 0 Å². The van der Waals surface area contributed by atoms with E-state index in [0.29, 0.717) is 17.0 Å². The fraction of sp³-hybridized carbons (Fsp3) is 0.500. The molecule has 0 heterocycles. The fourth-order valence-corrected chi connectivity index (χ4v) is 2.14. The molecule has 1 aromatic rings. The van der Waals surface area contributed by atoms with E-state index in [4.69, 9.17) is 17.3 Å². The standard InChI is InChI=1S/C14H20ClNO/c1-14(2,3)9-10(16)8-13(17)11-6-4-5-7-12(11)15/h4-7,10H,8-9,16H2,1-3H3. The van der Waals surface area contributed by atoms with Crippen LogP contribution in [0.4, 0.5) is 0 Å². The van der Waals surface area contributed by atoms with Crippen LogP contribution in [0, 0.1) is 5.41 Å². The van der Waals surface area contributed by atoms with Gasteiger partial charge in [0.25, 0.3) is 0 Å². The normalized spacial score (nSPS) is 13.5. The van der Waals surface area contributed by atoms with Gasteiger partial charge in [0.2, 0.25) is 0 Å². The second-order valence-corrected chi connectivity index (χ2v) is 6.04. The number of Topliss-reactive ketones (excluding diaryl/α,β-unsaturated/α-hetero) is 1. The molecule has 1 aromatic carbocycles. The molecule has 1 unspecified atom stereocenters. The van der Waals surface area contributed by atoms with Gasteiger partial charge in [0.15, 0.2) is 5.78 Å². The van der Waals surface area contributed by atoms with Crippen molar-refractivity contribution in [1.29, 1.82) is 0 Å². The maximum absolute atomic E-state index is 12.0. The third-order valence-electron chi connectivity index (χ3n) is 2.50. The third-order valence-corrected chi connectivity index (χ3v) is 2.83. The van der Waals surface area contributed by atoms with Crippen molar-refractivity contribution in [2.45, 2.75) is 39.7 Å². The third kappa shape index (κ3) is 4.88. The van der Waals surface area contributed by atoms with E-state index in [-0.39, 0.29) is 17.2 Å². The van der Waals surface area contributed by atoms with Crippen LogP contribution in [0.1, 0.15) is 44.0 Å². The molecular formula is C14H20ClNO. The van der Waals surface area contributed by atoms with Crippen molar-refractivity contribution in [3.8, 4) is 0 Å². The van der Waals surface area contributed by atoms with Crippen LogP contribution in [0.5, 0.6) is 0 Å². The van der Waals surface area contributed by atoms with Gasteiger partial charge in [-0.1, -0.05) is 44.5 Å². The van der Waals surface area contributed by atoms with Crippen molar-refractivity contribution in [1.82, 2.24) is 0 Å². The molecule has 2 nitrogen and oxygen atoms in total. The molecular weight excluding hydrogens is 234 g/mol. The van der Waals surface area contributed by atoms with Crippen LogP contribution in [0.15, 0.2) is 24.3 Å². The number of rotatable bonds is 4. The van der Waals surface area contributed by atoms with E-state index in [9.17, 15) is 4.79 Å². The quantitative estimate of drug-likeness (QED) is 0.832. The highest BCUT2D eigenvalue weighted by Crippen LogP contribution is 2.23. The maximum Gasteiger partial charge on any atom is 0.165 e. The highest BCUT2D eigenvalue weighted by atomic mass is 35.5. The van der Waals surface area contributed by atoms with E-state index in [1.807, 2.05) is 12.1 Å². The van der Waals surface area contributed by atoms with Gasteiger partial charge in [-0.15, -0.1) is 0 Å². The Morgan fingerprint density at radius 2 is 1.94 bits per heavy atom. The van der Waals surface area contributed by atoms with E-state index < -0.39 is 0 Å². The monoisotopic (exact) mass is 253 g/mol. The minimum atomic E-state index is -0.112. The van der Waals surface area contributed by atoms with Crippen LogP contribution < -0.4 is 5.73 Å². The highest BCUT2D eigenvalue weighted by molar-refractivity contribution is 6.33. The minimum Gasteiger partial charge on any atom is -0.327 e. The molecule has 1 atom stereocenters. The zero-order chi connectivity index (χ0) is 13.1. The lowest BCUT2D eigenvalue weighted by Crippen LogP contribution is -2.29. The summed E-state index contributed by atoms with van der Waals surface area (Å²) in [4.78, 5) is 12.0. The second-order valence-electron chi connectivity index (χ2n) is 5.63. The van der Waals surface area contributed by atoms with Crippen molar-refractivity contribution in [2.75, 3.05) is 0 Å². The van der Waals surface area contributed by atoms with Crippen molar-refractivity contribution in [2.24, 2.45) is 11.1 Å². The summed E-state index contributed by atoms with van der Waals surface area (Å²) in [5, 5.41) is 0.500. The Hall–Kier alpha value is -0.860. The average Bonchev–Trinajstić information content (AvgIpc) is 2.14. The lowest BCUT2D eigenvalue weighted by Gasteiger charge is -2.22. The van der Waals surface area contributed by atoms with E-state index in [1.54, 1.807) is 12.1 Å². The van der Waals surface area contributed by atoms with E-state index >= 15 is 0 Å². The Kier molecular flexibility index (Phi) is 4.72. The molecule has 0 spiro atoms. The van der Waals surface area contributed by atoms with Crippen LogP contribution in [0.2, 0.25) is 5.02 Å². The van der Waals surface area contributed by atoms with Crippen LogP contribution in [0.25, 0.3) is 0 Å². The molecule has 0 saturated heterocycles. The summed E-state index contributed by atoms with van der Waals surface area (Å²) >= 11 is 5.97. The summed E-state index contributed by atoms with van der Waals surface area (Å²) in [7, 11) is 0. The van der Waals surface area contributed by atoms with Crippen molar-refractivity contribution in [3.63, 3.8) is 0 Å². The molecule has 0 amide bonds. The van der Waals surface area contributed by atoms with Gasteiger partial charge in [-0.3, -0.25) is 4.79 Å². The summed E-state index contributed by atoms with van der Waals surface area (Å²) in [5.41, 5.74) is 6.69. The SMILES string of the molecule is CC(C)(C)CC(N)CC(=O)c1ccccc1Cl. The molecule has 94 valence electrons. The summed E-state index contributed by atoms with van der Waals surface area (Å²) in [6.45, 7) is 6.35. The largest absolute Gasteiger partial charge is 0.327 e. The fourth-order valence-electron chi connectivity index (χ4n) is 1.89. The first-order valence-electron chi connectivity index (χ1n) is 5.83. The van der Waals surface area contributed by atoms with E-state index in [0.717, 1.165) is 6.42 Å². The zero-order valence-corrected chi connectivity index (χ0v) is 11.4. The molecule has 0 aliphatic rings. The minimum absolute atomic E-state index is 0.0207. The maximum atomic E-state index is 12.0. The Morgan fingerprint density at radius 1 is 1.35 bits per heavy atom. The Balaban J connectivity index is 2.64. The van der Waals surface area contributed by atoms with Crippen LogP contribution in [0.3, 0.4) is 0 Å². The summed E-state index contributed by atoms with van der Waals surface area (Å²) < 4.78 is 0.